The summed E-state index contributed by atoms with van der Waals surface area (Å²) in [7, 11) is 2.19. The highest BCUT2D eigenvalue weighted by molar-refractivity contribution is 5.87. The molecule has 3 saturated heterocycles. The normalized spacial score (nSPS) is 35.8. The van der Waals surface area contributed by atoms with Crippen LogP contribution in [0.5, 0.6) is 5.75 Å². The van der Waals surface area contributed by atoms with Crippen molar-refractivity contribution in [1.82, 2.24) is 25.3 Å². The minimum Gasteiger partial charge on any atom is -0.487 e. The Hall–Kier alpha value is -2.48. The van der Waals surface area contributed by atoms with Gasteiger partial charge in [-0.15, -0.1) is 0 Å². The molecule has 9 heteroatoms. The van der Waals surface area contributed by atoms with Gasteiger partial charge in [-0.3, -0.25) is 20.3 Å². The molecule has 5 aliphatic rings. The SMILES string of the molecule is C=CC(=O)N1CCN(C2NC(OCC3CCCN3C)NC3C[C@@]4(CCc5ccc(C)cc5O4)CCC32)CC1CC#N. The van der Waals surface area contributed by atoms with Gasteiger partial charge in [0.2, 0.25) is 5.91 Å². The smallest absolute Gasteiger partial charge is 0.246 e. The van der Waals surface area contributed by atoms with Gasteiger partial charge in [0.15, 0.2) is 6.35 Å². The highest BCUT2D eigenvalue weighted by Crippen LogP contribution is 2.45. The molecule has 6 rings (SSSR count). The topological polar surface area (TPSA) is 93.1 Å². The summed E-state index contributed by atoms with van der Waals surface area (Å²) in [5, 5.41) is 17.2. The quantitative estimate of drug-likeness (QED) is 0.512. The molecule has 41 heavy (non-hydrogen) atoms. The van der Waals surface area contributed by atoms with Gasteiger partial charge >= 0.3 is 0 Å². The maximum Gasteiger partial charge on any atom is 0.246 e. The molecule has 9 nitrogen and oxygen atoms in total. The van der Waals surface area contributed by atoms with Crippen LogP contribution >= 0.6 is 0 Å². The van der Waals surface area contributed by atoms with Crippen molar-refractivity contribution in [1.29, 1.82) is 5.26 Å². The van der Waals surface area contributed by atoms with Gasteiger partial charge in [-0.25, -0.2) is 0 Å². The van der Waals surface area contributed by atoms with Gasteiger partial charge in [-0.05, 0) is 82.3 Å². The fraction of sp³-hybridized carbons (Fsp3) is 0.688. The summed E-state index contributed by atoms with van der Waals surface area (Å²) in [4.78, 5) is 19.2. The summed E-state index contributed by atoms with van der Waals surface area (Å²) < 4.78 is 13.4. The lowest BCUT2D eigenvalue weighted by Gasteiger charge is -2.56. The molecule has 1 saturated carbocycles. The van der Waals surface area contributed by atoms with E-state index in [1.54, 1.807) is 0 Å². The Kier molecular flexibility index (Phi) is 8.39. The maximum atomic E-state index is 12.5. The summed E-state index contributed by atoms with van der Waals surface area (Å²) in [5.74, 6) is 1.34. The van der Waals surface area contributed by atoms with E-state index in [1.165, 1.54) is 30.0 Å². The first-order chi connectivity index (χ1) is 19.9. The zero-order valence-corrected chi connectivity index (χ0v) is 24.7. The first kappa shape index (κ1) is 28.6. The predicted octanol–water partition coefficient (Wildman–Crippen LogP) is 2.75. The zero-order chi connectivity index (χ0) is 28.6. The molecule has 1 amide bonds. The van der Waals surface area contributed by atoms with E-state index in [0.717, 1.165) is 50.9 Å². The molecule has 1 spiro atoms. The van der Waals surface area contributed by atoms with Crippen molar-refractivity contribution in [3.63, 3.8) is 0 Å². The number of nitrogens with one attached hydrogen (secondary N) is 2. The van der Waals surface area contributed by atoms with Crippen LogP contribution in [-0.4, -0.2) is 96.7 Å². The number of hydrogen-bond donors (Lipinski definition) is 2. The molecule has 7 atom stereocenters. The van der Waals surface area contributed by atoms with E-state index in [-0.39, 0.29) is 36.1 Å². The highest BCUT2D eigenvalue weighted by atomic mass is 16.5. The third kappa shape index (κ3) is 5.91. The fourth-order valence-corrected chi connectivity index (χ4v) is 7.99. The van der Waals surface area contributed by atoms with Gasteiger partial charge in [0, 0.05) is 44.1 Å². The first-order valence-electron chi connectivity index (χ1n) is 15.5. The van der Waals surface area contributed by atoms with Gasteiger partial charge in [0.1, 0.15) is 11.4 Å². The summed E-state index contributed by atoms with van der Waals surface area (Å²) in [6.07, 6.45) is 9.03. The largest absolute Gasteiger partial charge is 0.487 e. The molecule has 2 N–H and O–H groups in total. The number of piperazine rings is 1. The number of ether oxygens (including phenoxy) is 2. The molecular weight excluding hydrogens is 516 g/mol. The number of likely N-dealkylation sites (tertiary alicyclic amines) is 1. The van der Waals surface area contributed by atoms with E-state index in [2.05, 4.69) is 65.3 Å². The van der Waals surface area contributed by atoms with Gasteiger partial charge in [-0.1, -0.05) is 18.7 Å². The number of benzene rings is 1. The number of rotatable bonds is 6. The number of likely N-dealkylation sites (N-methyl/N-ethyl adjacent to an activating group) is 1. The Bertz CT molecular complexity index is 1170. The van der Waals surface area contributed by atoms with E-state index in [1.807, 2.05) is 4.90 Å². The van der Waals surface area contributed by atoms with E-state index in [0.29, 0.717) is 38.1 Å². The lowest BCUT2D eigenvalue weighted by atomic mass is 9.70. The molecule has 4 heterocycles. The van der Waals surface area contributed by atoms with E-state index in [4.69, 9.17) is 9.47 Å². The van der Waals surface area contributed by atoms with Crippen molar-refractivity contribution >= 4 is 5.91 Å². The summed E-state index contributed by atoms with van der Waals surface area (Å²) in [6.45, 7) is 9.66. The van der Waals surface area contributed by atoms with Crippen molar-refractivity contribution < 1.29 is 14.3 Å². The van der Waals surface area contributed by atoms with Crippen LogP contribution < -0.4 is 15.4 Å². The third-order valence-electron chi connectivity index (χ3n) is 10.4. The van der Waals surface area contributed by atoms with Crippen molar-refractivity contribution in [2.45, 2.75) is 94.5 Å². The van der Waals surface area contributed by atoms with E-state index in [9.17, 15) is 10.1 Å². The first-order valence-corrected chi connectivity index (χ1v) is 15.5. The average molecular weight is 563 g/mol. The minimum atomic E-state index is -0.259. The molecule has 0 radical (unpaired) electrons. The number of fused-ring (bicyclic) bond motifs is 2. The Morgan fingerprint density at radius 3 is 2.90 bits per heavy atom. The molecule has 1 aromatic rings. The minimum absolute atomic E-state index is 0.0903. The summed E-state index contributed by atoms with van der Waals surface area (Å²) >= 11 is 0. The molecule has 0 bridgehead atoms. The Morgan fingerprint density at radius 2 is 2.12 bits per heavy atom. The molecule has 1 aromatic carbocycles. The Labute approximate surface area is 244 Å². The molecule has 1 aliphatic carbocycles. The number of carbonyl (C=O) groups excluding carboxylic acids is 1. The zero-order valence-electron chi connectivity index (χ0n) is 24.7. The van der Waals surface area contributed by atoms with Gasteiger partial charge in [-0.2, -0.15) is 5.26 Å². The van der Waals surface area contributed by atoms with Crippen LogP contribution in [0.25, 0.3) is 0 Å². The van der Waals surface area contributed by atoms with Crippen molar-refractivity contribution in [2.75, 3.05) is 39.8 Å². The Morgan fingerprint density at radius 1 is 1.24 bits per heavy atom. The molecular formula is C32H46N6O3. The van der Waals surface area contributed by atoms with Crippen LogP contribution in [0.4, 0.5) is 0 Å². The van der Waals surface area contributed by atoms with Crippen molar-refractivity contribution in [3.05, 3.63) is 42.0 Å². The van der Waals surface area contributed by atoms with E-state index >= 15 is 0 Å². The van der Waals surface area contributed by atoms with Gasteiger partial charge < -0.3 is 19.3 Å². The lowest BCUT2D eigenvalue weighted by Crippen LogP contribution is -2.73. The van der Waals surface area contributed by atoms with E-state index < -0.39 is 0 Å². The molecule has 222 valence electrons. The van der Waals surface area contributed by atoms with Crippen LogP contribution in [0, 0.1) is 24.2 Å². The lowest BCUT2D eigenvalue weighted by molar-refractivity contribution is -0.139. The second-order valence-corrected chi connectivity index (χ2v) is 12.9. The number of nitriles is 1. The van der Waals surface area contributed by atoms with Gasteiger partial charge in [0.05, 0.1) is 31.3 Å². The number of nitrogens with zero attached hydrogens (tertiary/aromatic N) is 4. The van der Waals surface area contributed by atoms with Crippen LogP contribution in [-0.2, 0) is 16.0 Å². The highest BCUT2D eigenvalue weighted by Gasteiger charge is 2.51. The average Bonchev–Trinajstić information content (AvgIpc) is 3.39. The van der Waals surface area contributed by atoms with Crippen molar-refractivity contribution in [3.8, 4) is 11.8 Å². The van der Waals surface area contributed by atoms with Crippen LogP contribution in [0.3, 0.4) is 0 Å². The molecule has 0 aromatic heterocycles. The molecule has 4 aliphatic heterocycles. The second kappa shape index (κ2) is 12.0. The van der Waals surface area contributed by atoms with Crippen molar-refractivity contribution in [2.24, 2.45) is 5.92 Å². The molecule has 4 fully saturated rings. The number of hydrogen-bond acceptors (Lipinski definition) is 8. The monoisotopic (exact) mass is 562 g/mol. The molecule has 6 unspecified atom stereocenters. The second-order valence-electron chi connectivity index (χ2n) is 12.9. The number of carbonyl (C=O) groups is 1. The maximum absolute atomic E-state index is 12.5. The third-order valence-corrected chi connectivity index (χ3v) is 10.4. The van der Waals surface area contributed by atoms with Crippen LogP contribution in [0.2, 0.25) is 0 Å². The number of amides is 1. The Balaban J connectivity index is 1.21. The van der Waals surface area contributed by atoms with Gasteiger partial charge in [0.25, 0.3) is 0 Å². The standard InChI is InChI=1S/C32H46N6O3/c1-4-29(39)38-17-16-37(20-24(38)11-14-33)30-26-10-13-32(12-9-23-8-7-22(2)18-28(23)41-32)19-27(26)34-31(35-30)40-21-25-6-5-15-36(25)3/h4,7-8,18,24-27,30-31,34-35H,1,5-6,9-13,15-17,19-21H2,2-3H3/t24?,25?,26?,27?,30?,31?,32-/m1/s1. The van der Waals surface area contributed by atoms with Crippen LogP contribution in [0.1, 0.15) is 56.1 Å². The predicted molar refractivity (Wildman–Crippen MR) is 157 cm³/mol. The summed E-state index contributed by atoms with van der Waals surface area (Å²) in [6, 6.07) is 9.46. The van der Waals surface area contributed by atoms with Crippen LogP contribution in [0.15, 0.2) is 30.9 Å². The summed E-state index contributed by atoms with van der Waals surface area (Å²) in [5.41, 5.74) is 2.39. The fourth-order valence-electron chi connectivity index (χ4n) is 7.99. The number of aryl methyl sites for hydroxylation is 2.